The summed E-state index contributed by atoms with van der Waals surface area (Å²) in [6.07, 6.45) is 0.668. The Labute approximate surface area is 145 Å². The second kappa shape index (κ2) is 9.12. The standard InChI is InChI=1S/C16H21ClN2O5/c1-4-9(2)14(16(22)23-3)19-13(20)8-24-15(21)11-6-5-10(17)7-12(11)18/h5-7,9,14H,4,8,18H2,1-3H3,(H,19,20)/t9-,14+/m0/s1. The van der Waals surface area contributed by atoms with Crippen molar-refractivity contribution in [2.24, 2.45) is 5.92 Å². The lowest BCUT2D eigenvalue weighted by Gasteiger charge is -2.21. The fourth-order valence-electron chi connectivity index (χ4n) is 1.94. The van der Waals surface area contributed by atoms with Gasteiger partial charge in [0.15, 0.2) is 6.61 Å². The molecule has 0 aliphatic carbocycles. The second-order valence-electron chi connectivity index (χ2n) is 5.26. The summed E-state index contributed by atoms with van der Waals surface area (Å²) < 4.78 is 9.58. The van der Waals surface area contributed by atoms with Gasteiger partial charge in [0.1, 0.15) is 6.04 Å². The Kier molecular flexibility index (Phi) is 7.51. The third kappa shape index (κ3) is 5.42. The number of nitrogens with two attached hydrogens (primary N) is 1. The molecule has 1 aromatic rings. The van der Waals surface area contributed by atoms with Crippen molar-refractivity contribution in [1.29, 1.82) is 0 Å². The largest absolute Gasteiger partial charge is 0.467 e. The van der Waals surface area contributed by atoms with Gasteiger partial charge in [-0.1, -0.05) is 31.9 Å². The summed E-state index contributed by atoms with van der Waals surface area (Å²) in [7, 11) is 1.24. The van der Waals surface area contributed by atoms with Gasteiger partial charge in [0.2, 0.25) is 0 Å². The number of amides is 1. The first-order valence-corrected chi connectivity index (χ1v) is 7.77. The number of halogens is 1. The van der Waals surface area contributed by atoms with Gasteiger partial charge in [0, 0.05) is 10.7 Å². The Hall–Kier alpha value is -2.28. The van der Waals surface area contributed by atoms with E-state index in [2.05, 4.69) is 10.1 Å². The molecular weight excluding hydrogens is 336 g/mol. The van der Waals surface area contributed by atoms with Gasteiger partial charge in [0.05, 0.1) is 12.7 Å². The molecule has 0 aliphatic heterocycles. The van der Waals surface area contributed by atoms with Gasteiger partial charge in [-0.3, -0.25) is 4.79 Å². The predicted octanol–water partition coefficient (Wildman–Crippen LogP) is 1.78. The summed E-state index contributed by atoms with van der Waals surface area (Å²) in [5.74, 6) is -2.03. The van der Waals surface area contributed by atoms with E-state index in [-0.39, 0.29) is 17.2 Å². The highest BCUT2D eigenvalue weighted by Crippen LogP contribution is 2.18. The van der Waals surface area contributed by atoms with Gasteiger partial charge in [-0.15, -0.1) is 0 Å². The average molecular weight is 357 g/mol. The van der Waals surface area contributed by atoms with Gasteiger partial charge < -0.3 is 20.5 Å². The van der Waals surface area contributed by atoms with E-state index in [1.54, 1.807) is 0 Å². The van der Waals surface area contributed by atoms with Crippen molar-refractivity contribution in [1.82, 2.24) is 5.32 Å². The molecule has 0 aliphatic rings. The van der Waals surface area contributed by atoms with E-state index >= 15 is 0 Å². The Morgan fingerprint density at radius 2 is 2.00 bits per heavy atom. The number of esters is 2. The molecule has 7 nitrogen and oxygen atoms in total. The van der Waals surface area contributed by atoms with Crippen LogP contribution < -0.4 is 11.1 Å². The molecule has 1 aromatic carbocycles. The molecule has 0 radical (unpaired) electrons. The molecule has 0 fully saturated rings. The fourth-order valence-corrected chi connectivity index (χ4v) is 2.12. The highest BCUT2D eigenvalue weighted by Gasteiger charge is 2.27. The smallest absolute Gasteiger partial charge is 0.340 e. The van der Waals surface area contributed by atoms with Crippen LogP contribution in [0.3, 0.4) is 0 Å². The van der Waals surface area contributed by atoms with Crippen molar-refractivity contribution in [3.8, 4) is 0 Å². The van der Waals surface area contributed by atoms with Gasteiger partial charge in [-0.25, -0.2) is 9.59 Å². The Bertz CT molecular complexity index is 620. The Morgan fingerprint density at radius 3 is 2.54 bits per heavy atom. The topological polar surface area (TPSA) is 108 Å². The monoisotopic (exact) mass is 356 g/mol. The number of hydrogen-bond donors (Lipinski definition) is 2. The molecule has 0 spiro atoms. The van der Waals surface area contributed by atoms with E-state index in [9.17, 15) is 14.4 Å². The zero-order valence-corrected chi connectivity index (χ0v) is 14.6. The molecule has 0 saturated heterocycles. The normalized spacial score (nSPS) is 12.8. The number of nitrogens with one attached hydrogen (secondary N) is 1. The molecular formula is C16H21ClN2O5. The van der Waals surface area contributed by atoms with Gasteiger partial charge in [-0.2, -0.15) is 0 Å². The zero-order valence-electron chi connectivity index (χ0n) is 13.8. The molecule has 0 bridgehead atoms. The molecule has 2 atom stereocenters. The Morgan fingerprint density at radius 1 is 1.33 bits per heavy atom. The molecule has 24 heavy (non-hydrogen) atoms. The number of hydrogen-bond acceptors (Lipinski definition) is 6. The predicted molar refractivity (Wildman–Crippen MR) is 89.5 cm³/mol. The molecule has 1 amide bonds. The van der Waals surface area contributed by atoms with Crippen LogP contribution in [-0.4, -0.2) is 37.6 Å². The van der Waals surface area contributed by atoms with E-state index in [4.69, 9.17) is 22.1 Å². The maximum Gasteiger partial charge on any atom is 0.340 e. The third-order valence-corrected chi connectivity index (χ3v) is 3.79. The van der Waals surface area contributed by atoms with Crippen molar-refractivity contribution in [3.63, 3.8) is 0 Å². The summed E-state index contributed by atoms with van der Waals surface area (Å²) in [4.78, 5) is 35.6. The van der Waals surface area contributed by atoms with Crippen molar-refractivity contribution in [2.75, 3.05) is 19.5 Å². The van der Waals surface area contributed by atoms with E-state index in [1.165, 1.54) is 25.3 Å². The molecule has 0 unspecified atom stereocenters. The molecule has 0 heterocycles. The molecule has 0 saturated carbocycles. The first kappa shape index (κ1) is 19.8. The zero-order chi connectivity index (χ0) is 18.3. The van der Waals surface area contributed by atoms with Crippen molar-refractivity contribution < 1.29 is 23.9 Å². The minimum atomic E-state index is -0.799. The summed E-state index contributed by atoms with van der Waals surface area (Å²) in [5, 5.41) is 2.89. The number of benzene rings is 1. The highest BCUT2D eigenvalue weighted by atomic mass is 35.5. The lowest BCUT2D eigenvalue weighted by Crippen LogP contribution is -2.47. The van der Waals surface area contributed by atoms with Crippen molar-refractivity contribution in [2.45, 2.75) is 26.3 Å². The molecule has 0 aromatic heterocycles. The Balaban J connectivity index is 2.64. The summed E-state index contributed by atoms with van der Waals surface area (Å²) in [5.41, 5.74) is 5.94. The van der Waals surface area contributed by atoms with Gasteiger partial charge in [-0.05, 0) is 24.1 Å². The van der Waals surface area contributed by atoms with Crippen LogP contribution in [0.5, 0.6) is 0 Å². The fraction of sp³-hybridized carbons (Fsp3) is 0.438. The van der Waals surface area contributed by atoms with E-state index in [0.717, 1.165) is 0 Å². The lowest BCUT2D eigenvalue weighted by atomic mass is 9.99. The van der Waals surface area contributed by atoms with Crippen LogP contribution in [0.25, 0.3) is 0 Å². The number of anilines is 1. The minimum Gasteiger partial charge on any atom is -0.467 e. The second-order valence-corrected chi connectivity index (χ2v) is 5.70. The third-order valence-electron chi connectivity index (χ3n) is 3.55. The van der Waals surface area contributed by atoms with Gasteiger partial charge >= 0.3 is 11.9 Å². The number of carbonyl (C=O) groups is 3. The number of ether oxygens (including phenoxy) is 2. The van der Waals surface area contributed by atoms with E-state index in [0.29, 0.717) is 11.4 Å². The van der Waals surface area contributed by atoms with Crippen molar-refractivity contribution in [3.05, 3.63) is 28.8 Å². The number of methoxy groups -OCH3 is 1. The lowest BCUT2D eigenvalue weighted by molar-refractivity contribution is -0.147. The molecule has 1 rings (SSSR count). The van der Waals surface area contributed by atoms with Crippen LogP contribution in [0.4, 0.5) is 5.69 Å². The van der Waals surface area contributed by atoms with Crippen LogP contribution in [0.15, 0.2) is 18.2 Å². The van der Waals surface area contributed by atoms with E-state index < -0.39 is 30.5 Å². The summed E-state index contributed by atoms with van der Waals surface area (Å²) >= 11 is 5.75. The molecule has 8 heteroatoms. The minimum absolute atomic E-state index is 0.110. The van der Waals surface area contributed by atoms with E-state index in [1.807, 2.05) is 13.8 Å². The van der Waals surface area contributed by atoms with Gasteiger partial charge in [0.25, 0.3) is 5.91 Å². The van der Waals surface area contributed by atoms with Crippen LogP contribution in [0.1, 0.15) is 30.6 Å². The van der Waals surface area contributed by atoms with Crippen LogP contribution >= 0.6 is 11.6 Å². The number of nitrogen functional groups attached to an aromatic ring is 1. The summed E-state index contributed by atoms with van der Waals surface area (Å²) in [6, 6.07) is 3.51. The highest BCUT2D eigenvalue weighted by molar-refractivity contribution is 6.31. The SMILES string of the molecule is CC[C@H](C)[C@@H](NC(=O)COC(=O)c1ccc(Cl)cc1N)C(=O)OC. The van der Waals surface area contributed by atoms with Crippen LogP contribution in [-0.2, 0) is 19.1 Å². The number of rotatable bonds is 7. The maximum absolute atomic E-state index is 11.9. The molecule has 132 valence electrons. The van der Waals surface area contributed by atoms with Crippen molar-refractivity contribution >= 4 is 35.1 Å². The average Bonchev–Trinajstić information content (AvgIpc) is 2.56. The quantitative estimate of drug-likeness (QED) is 0.569. The van der Waals surface area contributed by atoms with Crippen LogP contribution in [0.2, 0.25) is 5.02 Å². The van der Waals surface area contributed by atoms with Crippen LogP contribution in [0, 0.1) is 5.92 Å². The maximum atomic E-state index is 11.9. The first-order valence-electron chi connectivity index (χ1n) is 7.39. The number of carbonyl (C=O) groups excluding carboxylic acids is 3. The first-order chi connectivity index (χ1) is 11.3. The summed E-state index contributed by atoms with van der Waals surface area (Å²) in [6.45, 7) is 3.16. The molecule has 3 N–H and O–H groups in total.